The number of pyridine rings is 1. The summed E-state index contributed by atoms with van der Waals surface area (Å²) in [7, 11) is -2.61. The number of hydrogen-bond acceptors (Lipinski definition) is 1. The first-order chi connectivity index (χ1) is 7.12. The number of halogens is 1. The van der Waals surface area contributed by atoms with Crippen molar-refractivity contribution in [3.63, 3.8) is 0 Å². The summed E-state index contributed by atoms with van der Waals surface area (Å²) in [6.07, 6.45) is 1.35. The van der Waals surface area contributed by atoms with Crippen LogP contribution in [0.3, 0.4) is 0 Å². The minimum Gasteiger partial charge on any atom is -0.259 e. The highest BCUT2D eigenvalue weighted by atomic mass is 28.4. The highest BCUT2D eigenvalue weighted by Gasteiger charge is 2.39. The van der Waals surface area contributed by atoms with Crippen molar-refractivity contribution in [2.75, 3.05) is 0 Å². The molecule has 1 aromatic heterocycles. The largest absolute Gasteiger partial charge is 0.259 e. The Morgan fingerprint density at radius 1 is 1.00 bits per heavy atom. The molecule has 0 saturated heterocycles. The van der Waals surface area contributed by atoms with Crippen molar-refractivity contribution >= 4 is 16.1 Å². The zero-order valence-electron chi connectivity index (χ0n) is 11.1. The lowest BCUT2D eigenvalue weighted by molar-refractivity contribution is 0.619. The van der Waals surface area contributed by atoms with Crippen LogP contribution >= 0.6 is 0 Å². The van der Waals surface area contributed by atoms with Crippen molar-refractivity contribution in [2.45, 2.75) is 44.4 Å². The molecule has 0 unspecified atom stereocenters. The summed E-state index contributed by atoms with van der Waals surface area (Å²) >= 11 is 0. The summed E-state index contributed by atoms with van der Waals surface area (Å²) in [5, 5.41) is 0.584. The van der Waals surface area contributed by atoms with Crippen molar-refractivity contribution in [1.82, 2.24) is 4.98 Å². The molecule has 0 aromatic carbocycles. The molecule has 0 saturated carbocycles. The molecule has 90 valence electrons. The van der Waals surface area contributed by atoms with Gasteiger partial charge in [0.25, 0.3) is 0 Å². The van der Waals surface area contributed by atoms with E-state index in [9.17, 15) is 4.39 Å². The smallest absolute Gasteiger partial charge is 0.141 e. The molecule has 0 radical (unpaired) electrons. The van der Waals surface area contributed by atoms with Crippen LogP contribution in [0.5, 0.6) is 0 Å². The Balaban J connectivity index is 3.18. The Labute approximate surface area is 100 Å². The second-order valence-corrected chi connectivity index (χ2v) is 17.8. The first-order valence-electron chi connectivity index (χ1n) is 5.74. The SMILES string of the molecule is C[Si](C)(C)C(c1ccc(F)cn1)[Si](C)(C)C. The zero-order valence-corrected chi connectivity index (χ0v) is 13.1. The normalized spacial score (nSPS) is 13.2. The van der Waals surface area contributed by atoms with Crippen molar-refractivity contribution in [3.8, 4) is 0 Å². The first kappa shape index (κ1) is 13.6. The lowest BCUT2D eigenvalue weighted by Crippen LogP contribution is -2.46. The average Bonchev–Trinajstić information content (AvgIpc) is 2.03. The molecule has 0 amide bonds. The van der Waals surface area contributed by atoms with Gasteiger partial charge in [-0.2, -0.15) is 0 Å². The van der Waals surface area contributed by atoms with Gasteiger partial charge >= 0.3 is 0 Å². The Bertz CT molecular complexity index is 335. The molecule has 0 atom stereocenters. The Kier molecular flexibility index (Phi) is 3.74. The van der Waals surface area contributed by atoms with Gasteiger partial charge in [-0.05, 0) is 17.3 Å². The second-order valence-electron chi connectivity index (χ2n) is 6.57. The van der Waals surface area contributed by atoms with Gasteiger partial charge in [0.15, 0.2) is 0 Å². The molecule has 1 rings (SSSR count). The van der Waals surface area contributed by atoms with E-state index in [1.54, 1.807) is 0 Å². The quantitative estimate of drug-likeness (QED) is 0.742. The number of rotatable bonds is 3. The molecule has 1 heterocycles. The topological polar surface area (TPSA) is 12.9 Å². The van der Waals surface area contributed by atoms with Crippen molar-refractivity contribution in [2.24, 2.45) is 0 Å². The van der Waals surface area contributed by atoms with Gasteiger partial charge in [-0.1, -0.05) is 39.3 Å². The van der Waals surface area contributed by atoms with Gasteiger partial charge in [0.2, 0.25) is 0 Å². The number of aromatic nitrogens is 1. The summed E-state index contributed by atoms with van der Waals surface area (Å²) in [5.41, 5.74) is 1.10. The molecule has 0 fully saturated rings. The third-order valence-corrected chi connectivity index (χ3v) is 12.0. The average molecular weight is 255 g/mol. The first-order valence-corrected chi connectivity index (χ1v) is 12.9. The van der Waals surface area contributed by atoms with Gasteiger partial charge in [0, 0.05) is 5.69 Å². The zero-order chi connectivity index (χ0) is 12.6. The standard InChI is InChI=1S/C12H22FNSi2/c1-15(2,3)12(16(4,5)6)11-8-7-10(13)9-14-11/h7-9,12H,1-6H3. The predicted molar refractivity (Wildman–Crippen MR) is 73.6 cm³/mol. The lowest BCUT2D eigenvalue weighted by Gasteiger charge is -2.37. The van der Waals surface area contributed by atoms with Gasteiger partial charge in [-0.15, -0.1) is 0 Å². The van der Waals surface area contributed by atoms with E-state index < -0.39 is 16.1 Å². The van der Waals surface area contributed by atoms with Gasteiger partial charge in [-0.25, -0.2) is 4.39 Å². The molecule has 0 aliphatic rings. The van der Waals surface area contributed by atoms with E-state index in [0.29, 0.717) is 5.16 Å². The molecule has 0 bridgehead atoms. The second kappa shape index (κ2) is 4.41. The monoisotopic (exact) mass is 255 g/mol. The van der Waals surface area contributed by atoms with Crippen LogP contribution in [-0.4, -0.2) is 21.1 Å². The fourth-order valence-electron chi connectivity index (χ4n) is 2.74. The van der Waals surface area contributed by atoms with E-state index in [1.807, 2.05) is 6.07 Å². The molecule has 0 aliphatic heterocycles. The molecule has 16 heavy (non-hydrogen) atoms. The summed E-state index contributed by atoms with van der Waals surface area (Å²) in [5.74, 6) is -0.242. The van der Waals surface area contributed by atoms with E-state index in [1.165, 1.54) is 12.3 Å². The minimum absolute atomic E-state index is 0.242. The van der Waals surface area contributed by atoms with Crippen molar-refractivity contribution < 1.29 is 4.39 Å². The third kappa shape index (κ3) is 3.25. The van der Waals surface area contributed by atoms with Crippen molar-refractivity contribution in [3.05, 3.63) is 29.8 Å². The number of hydrogen-bond donors (Lipinski definition) is 0. The fraction of sp³-hybridized carbons (Fsp3) is 0.583. The van der Waals surface area contributed by atoms with Crippen LogP contribution in [0.2, 0.25) is 39.3 Å². The minimum atomic E-state index is -1.30. The molecular weight excluding hydrogens is 233 g/mol. The molecule has 0 aliphatic carbocycles. The summed E-state index contributed by atoms with van der Waals surface area (Å²) < 4.78 is 12.9. The summed E-state index contributed by atoms with van der Waals surface area (Å²) in [6.45, 7) is 14.3. The van der Waals surface area contributed by atoms with Crippen LogP contribution in [0.15, 0.2) is 18.3 Å². The van der Waals surface area contributed by atoms with E-state index in [4.69, 9.17) is 0 Å². The molecular formula is C12H22FNSi2. The van der Waals surface area contributed by atoms with E-state index in [2.05, 4.69) is 44.3 Å². The van der Waals surface area contributed by atoms with Gasteiger partial charge < -0.3 is 0 Å². The van der Waals surface area contributed by atoms with Crippen LogP contribution < -0.4 is 0 Å². The molecule has 4 heteroatoms. The maximum Gasteiger partial charge on any atom is 0.141 e. The molecule has 1 nitrogen and oxygen atoms in total. The maximum absolute atomic E-state index is 12.9. The third-order valence-electron chi connectivity index (χ3n) is 2.78. The number of nitrogens with zero attached hydrogens (tertiary/aromatic N) is 1. The fourth-order valence-corrected chi connectivity index (χ4v) is 15.3. The van der Waals surface area contributed by atoms with Crippen LogP contribution in [0.4, 0.5) is 4.39 Å². The Morgan fingerprint density at radius 2 is 1.50 bits per heavy atom. The van der Waals surface area contributed by atoms with Crippen molar-refractivity contribution in [1.29, 1.82) is 0 Å². The summed E-state index contributed by atoms with van der Waals surface area (Å²) in [4.78, 5) is 4.31. The van der Waals surface area contributed by atoms with Gasteiger partial charge in [0.1, 0.15) is 5.82 Å². The van der Waals surface area contributed by atoms with E-state index in [0.717, 1.165) is 5.69 Å². The highest BCUT2D eigenvalue weighted by molar-refractivity contribution is 6.96. The van der Waals surface area contributed by atoms with E-state index >= 15 is 0 Å². The van der Waals surface area contributed by atoms with Gasteiger partial charge in [0.05, 0.1) is 22.3 Å². The molecule has 0 spiro atoms. The highest BCUT2D eigenvalue weighted by Crippen LogP contribution is 2.34. The van der Waals surface area contributed by atoms with Crippen LogP contribution in [0, 0.1) is 5.82 Å². The predicted octanol–water partition coefficient (Wildman–Crippen LogP) is 4.06. The maximum atomic E-state index is 12.9. The van der Waals surface area contributed by atoms with Crippen LogP contribution in [0.1, 0.15) is 10.9 Å². The lowest BCUT2D eigenvalue weighted by atomic mass is 10.4. The van der Waals surface area contributed by atoms with Crippen LogP contribution in [-0.2, 0) is 0 Å². The van der Waals surface area contributed by atoms with E-state index in [-0.39, 0.29) is 5.82 Å². The summed E-state index contributed by atoms with van der Waals surface area (Å²) in [6, 6.07) is 3.41. The Morgan fingerprint density at radius 3 is 1.81 bits per heavy atom. The molecule has 1 aromatic rings. The van der Waals surface area contributed by atoms with Gasteiger partial charge in [-0.3, -0.25) is 4.98 Å². The molecule has 0 N–H and O–H groups in total. The van der Waals surface area contributed by atoms with Crippen LogP contribution in [0.25, 0.3) is 0 Å². The Hall–Kier alpha value is -0.486.